The minimum absolute atomic E-state index is 0.175. The number of aliphatic imine (C=N–C) groups is 1. The molecule has 1 aromatic carbocycles. The summed E-state index contributed by atoms with van der Waals surface area (Å²) in [6, 6.07) is 6.44. The van der Waals surface area contributed by atoms with Gasteiger partial charge in [-0.1, -0.05) is 30.0 Å². The number of thioether (sulfide) groups is 1. The number of halogens is 2. The lowest BCUT2D eigenvalue weighted by Gasteiger charge is -2.35. The van der Waals surface area contributed by atoms with Gasteiger partial charge in [0.2, 0.25) is 0 Å². The fourth-order valence-corrected chi connectivity index (χ4v) is 3.90. The summed E-state index contributed by atoms with van der Waals surface area (Å²) in [5, 5.41) is 0.405. The molecular formula is C13H14F2N2OS. The Kier molecular flexibility index (Phi) is 3.22. The van der Waals surface area contributed by atoms with Gasteiger partial charge in [0.1, 0.15) is 18.0 Å². The second-order valence-electron chi connectivity index (χ2n) is 4.78. The molecule has 2 heterocycles. The van der Waals surface area contributed by atoms with Crippen LogP contribution in [0.15, 0.2) is 29.3 Å². The van der Waals surface area contributed by atoms with Crippen LogP contribution < -0.4 is 5.73 Å². The van der Waals surface area contributed by atoms with Gasteiger partial charge in [0.25, 0.3) is 0 Å². The van der Waals surface area contributed by atoms with Crippen molar-refractivity contribution in [3.8, 4) is 0 Å². The van der Waals surface area contributed by atoms with Crippen LogP contribution in [0.4, 0.5) is 8.78 Å². The Morgan fingerprint density at radius 2 is 2.26 bits per heavy atom. The molecule has 1 fully saturated rings. The maximum atomic E-state index is 14.1. The highest BCUT2D eigenvalue weighted by molar-refractivity contribution is 8.13. The lowest BCUT2D eigenvalue weighted by atomic mass is 9.79. The summed E-state index contributed by atoms with van der Waals surface area (Å²) < 4.78 is 32.6. The lowest BCUT2D eigenvalue weighted by molar-refractivity contribution is 0.0721. The maximum Gasteiger partial charge on any atom is 0.154 e. The van der Waals surface area contributed by atoms with Gasteiger partial charge in [-0.3, -0.25) is 0 Å². The molecule has 0 saturated carbocycles. The summed E-state index contributed by atoms with van der Waals surface area (Å²) in [6.45, 7) is -0.411. The van der Waals surface area contributed by atoms with E-state index >= 15 is 0 Å². The molecule has 19 heavy (non-hydrogen) atoms. The molecule has 0 aliphatic carbocycles. The van der Waals surface area contributed by atoms with Crippen LogP contribution in [0, 0.1) is 11.7 Å². The predicted molar refractivity (Wildman–Crippen MR) is 71.4 cm³/mol. The molecule has 6 heteroatoms. The van der Waals surface area contributed by atoms with Crippen molar-refractivity contribution in [1.82, 2.24) is 0 Å². The minimum atomic E-state index is -0.878. The monoisotopic (exact) mass is 284 g/mol. The van der Waals surface area contributed by atoms with Crippen molar-refractivity contribution in [2.24, 2.45) is 16.6 Å². The standard InChI is InChI=1S/C13H14F2N2OS/c14-5-11-9-6-19-12(16)17-13(9,7-18-11)8-3-1-2-4-10(8)15/h1-4,9,11H,5-7H2,(H2,16,17)/t9-,11-,13-/m1/s1. The number of amidine groups is 1. The number of nitrogens with two attached hydrogens (primary N) is 1. The molecule has 0 bridgehead atoms. The van der Waals surface area contributed by atoms with Gasteiger partial charge in [-0.15, -0.1) is 0 Å². The van der Waals surface area contributed by atoms with Crippen molar-refractivity contribution in [3.05, 3.63) is 35.6 Å². The van der Waals surface area contributed by atoms with E-state index in [1.807, 2.05) is 0 Å². The first-order valence-corrected chi connectivity index (χ1v) is 7.06. The molecule has 3 rings (SSSR count). The van der Waals surface area contributed by atoms with Crippen LogP contribution in [0.1, 0.15) is 5.56 Å². The zero-order valence-electron chi connectivity index (χ0n) is 10.2. The normalized spacial score (nSPS) is 33.9. The smallest absolute Gasteiger partial charge is 0.154 e. The third-order valence-electron chi connectivity index (χ3n) is 3.79. The van der Waals surface area contributed by atoms with E-state index in [2.05, 4.69) is 4.99 Å². The first kappa shape index (κ1) is 12.9. The number of fused-ring (bicyclic) bond motifs is 1. The number of rotatable bonds is 2. The van der Waals surface area contributed by atoms with Crippen LogP contribution in [0.3, 0.4) is 0 Å². The molecular weight excluding hydrogens is 270 g/mol. The highest BCUT2D eigenvalue weighted by atomic mass is 32.2. The lowest BCUT2D eigenvalue weighted by Crippen LogP contribution is -2.42. The molecule has 2 aliphatic heterocycles. The Labute approximate surface area is 114 Å². The molecule has 2 aliphatic rings. The van der Waals surface area contributed by atoms with Gasteiger partial charge in [-0.05, 0) is 6.07 Å². The van der Waals surface area contributed by atoms with Gasteiger partial charge in [0, 0.05) is 17.2 Å². The molecule has 2 N–H and O–H groups in total. The van der Waals surface area contributed by atoms with E-state index in [0.717, 1.165) is 0 Å². The summed E-state index contributed by atoms with van der Waals surface area (Å²) in [4.78, 5) is 4.43. The zero-order chi connectivity index (χ0) is 13.5. The molecule has 0 amide bonds. The van der Waals surface area contributed by atoms with Crippen LogP contribution in [-0.2, 0) is 10.3 Å². The molecule has 0 spiro atoms. The van der Waals surface area contributed by atoms with Crippen molar-refractivity contribution in [2.75, 3.05) is 19.0 Å². The van der Waals surface area contributed by atoms with Crippen LogP contribution >= 0.6 is 11.8 Å². The number of ether oxygens (including phenoxy) is 1. The molecule has 0 radical (unpaired) electrons. The molecule has 1 saturated heterocycles. The summed E-state index contributed by atoms with van der Waals surface area (Å²) in [5.41, 5.74) is 5.36. The molecule has 3 nitrogen and oxygen atoms in total. The Morgan fingerprint density at radius 1 is 1.47 bits per heavy atom. The van der Waals surface area contributed by atoms with E-state index < -0.39 is 18.3 Å². The largest absolute Gasteiger partial charge is 0.379 e. The first-order chi connectivity index (χ1) is 9.17. The Bertz CT molecular complexity index is 525. The van der Waals surface area contributed by atoms with Crippen molar-refractivity contribution < 1.29 is 13.5 Å². The Hall–Kier alpha value is -1.14. The topological polar surface area (TPSA) is 47.6 Å². The van der Waals surface area contributed by atoms with Gasteiger partial charge in [0.15, 0.2) is 5.17 Å². The van der Waals surface area contributed by atoms with E-state index in [1.165, 1.54) is 17.8 Å². The fourth-order valence-electron chi connectivity index (χ4n) is 2.83. The number of hydrogen-bond donors (Lipinski definition) is 1. The minimum Gasteiger partial charge on any atom is -0.379 e. The summed E-state index contributed by atoms with van der Waals surface area (Å²) in [7, 11) is 0. The van der Waals surface area contributed by atoms with E-state index in [4.69, 9.17) is 10.5 Å². The van der Waals surface area contributed by atoms with Crippen molar-refractivity contribution in [1.29, 1.82) is 0 Å². The quantitative estimate of drug-likeness (QED) is 0.904. The number of hydrogen-bond acceptors (Lipinski definition) is 4. The van der Waals surface area contributed by atoms with Gasteiger partial charge in [0.05, 0.1) is 12.7 Å². The zero-order valence-corrected chi connectivity index (χ0v) is 11.0. The average molecular weight is 284 g/mol. The van der Waals surface area contributed by atoms with Gasteiger partial charge >= 0.3 is 0 Å². The Balaban J connectivity index is 2.13. The molecule has 3 atom stereocenters. The maximum absolute atomic E-state index is 14.1. The SMILES string of the molecule is NC1=N[C@@]2(c3ccccc3F)CO[C@H](CF)[C@H]2CS1. The van der Waals surface area contributed by atoms with Gasteiger partial charge in [-0.2, -0.15) is 0 Å². The predicted octanol–water partition coefficient (Wildman–Crippen LogP) is 2.07. The van der Waals surface area contributed by atoms with Crippen LogP contribution in [0.2, 0.25) is 0 Å². The second kappa shape index (κ2) is 4.76. The van der Waals surface area contributed by atoms with Gasteiger partial charge in [-0.25, -0.2) is 13.8 Å². The van der Waals surface area contributed by atoms with Gasteiger partial charge < -0.3 is 10.5 Å². The van der Waals surface area contributed by atoms with E-state index in [-0.39, 0.29) is 18.3 Å². The highest BCUT2D eigenvalue weighted by Gasteiger charge is 2.53. The second-order valence-corrected chi connectivity index (χ2v) is 5.82. The number of nitrogens with zero attached hydrogens (tertiary/aromatic N) is 1. The number of alkyl halides is 1. The average Bonchev–Trinajstić information content (AvgIpc) is 2.77. The highest BCUT2D eigenvalue weighted by Crippen LogP contribution is 2.47. The Morgan fingerprint density at radius 3 is 3.00 bits per heavy atom. The van der Waals surface area contributed by atoms with Crippen LogP contribution in [0.25, 0.3) is 0 Å². The molecule has 1 aromatic rings. The van der Waals surface area contributed by atoms with Crippen molar-refractivity contribution >= 4 is 16.9 Å². The van der Waals surface area contributed by atoms with E-state index in [9.17, 15) is 8.78 Å². The van der Waals surface area contributed by atoms with E-state index in [0.29, 0.717) is 16.5 Å². The molecule has 102 valence electrons. The summed E-state index contributed by atoms with van der Waals surface area (Å²) >= 11 is 1.37. The van der Waals surface area contributed by atoms with Crippen molar-refractivity contribution in [2.45, 2.75) is 11.6 Å². The van der Waals surface area contributed by atoms with Crippen molar-refractivity contribution in [3.63, 3.8) is 0 Å². The van der Waals surface area contributed by atoms with E-state index in [1.54, 1.807) is 18.2 Å². The summed E-state index contributed by atoms with van der Waals surface area (Å²) in [6.07, 6.45) is -0.538. The van der Waals surface area contributed by atoms with Crippen LogP contribution in [-0.4, -0.2) is 30.3 Å². The molecule has 0 aromatic heterocycles. The third kappa shape index (κ3) is 1.94. The number of benzene rings is 1. The first-order valence-electron chi connectivity index (χ1n) is 6.08. The molecule has 0 unspecified atom stereocenters. The summed E-state index contributed by atoms with van der Waals surface area (Å²) in [5.74, 6) is 0.0592. The fraction of sp³-hybridized carbons (Fsp3) is 0.462. The third-order valence-corrected chi connectivity index (χ3v) is 4.71. The van der Waals surface area contributed by atoms with Crippen LogP contribution in [0.5, 0.6) is 0 Å².